The van der Waals surface area contributed by atoms with E-state index in [1.807, 2.05) is 0 Å². The SMILES string of the molecule is CCCNC(CCC(F)(F)F)C1(CC(C)C)CCCC1. The lowest BCUT2D eigenvalue weighted by atomic mass is 9.71. The van der Waals surface area contributed by atoms with Crippen molar-refractivity contribution < 1.29 is 13.2 Å². The molecule has 1 rings (SSSR count). The molecule has 1 N–H and O–H groups in total. The van der Waals surface area contributed by atoms with Crippen LogP contribution in [0.25, 0.3) is 0 Å². The summed E-state index contributed by atoms with van der Waals surface area (Å²) in [7, 11) is 0. The number of hydrogen-bond donors (Lipinski definition) is 1. The summed E-state index contributed by atoms with van der Waals surface area (Å²) < 4.78 is 37.8. The van der Waals surface area contributed by atoms with E-state index >= 15 is 0 Å². The fourth-order valence-electron chi connectivity index (χ4n) is 3.84. The highest BCUT2D eigenvalue weighted by Crippen LogP contribution is 2.47. The Morgan fingerprint density at radius 2 is 1.75 bits per heavy atom. The Labute approximate surface area is 121 Å². The lowest BCUT2D eigenvalue weighted by Crippen LogP contribution is -2.45. The van der Waals surface area contributed by atoms with E-state index in [2.05, 4.69) is 26.1 Å². The summed E-state index contributed by atoms with van der Waals surface area (Å²) in [6.45, 7) is 7.25. The summed E-state index contributed by atoms with van der Waals surface area (Å²) in [6.07, 6.45) is 2.07. The first-order chi connectivity index (χ1) is 9.29. The number of nitrogens with one attached hydrogen (secondary N) is 1. The van der Waals surface area contributed by atoms with Crippen LogP contribution in [-0.2, 0) is 0 Å². The maximum atomic E-state index is 12.6. The third-order valence-corrected chi connectivity index (χ3v) is 4.51. The van der Waals surface area contributed by atoms with Crippen molar-refractivity contribution in [2.75, 3.05) is 6.54 Å². The summed E-state index contributed by atoms with van der Waals surface area (Å²) in [5, 5.41) is 3.43. The molecule has 20 heavy (non-hydrogen) atoms. The number of rotatable bonds is 8. The van der Waals surface area contributed by atoms with Crippen molar-refractivity contribution in [1.29, 1.82) is 0 Å². The Hall–Kier alpha value is -0.250. The van der Waals surface area contributed by atoms with Crippen molar-refractivity contribution in [2.24, 2.45) is 11.3 Å². The Morgan fingerprint density at radius 3 is 2.20 bits per heavy atom. The van der Waals surface area contributed by atoms with Crippen molar-refractivity contribution in [3.05, 3.63) is 0 Å². The molecule has 1 nitrogen and oxygen atoms in total. The van der Waals surface area contributed by atoms with Gasteiger partial charge in [0.05, 0.1) is 0 Å². The Kier molecular flexibility index (Phi) is 6.83. The maximum absolute atomic E-state index is 12.6. The number of alkyl halides is 3. The van der Waals surface area contributed by atoms with Crippen molar-refractivity contribution in [3.8, 4) is 0 Å². The molecule has 0 aliphatic heterocycles. The molecule has 0 radical (unpaired) electrons. The quantitative estimate of drug-likeness (QED) is 0.640. The van der Waals surface area contributed by atoms with Gasteiger partial charge in [0.2, 0.25) is 0 Å². The molecule has 1 unspecified atom stereocenters. The summed E-state index contributed by atoms with van der Waals surface area (Å²) in [6, 6.07) is 0.0222. The predicted octanol–water partition coefficient (Wildman–Crippen LogP) is 5.30. The van der Waals surface area contributed by atoms with Crippen LogP contribution >= 0.6 is 0 Å². The highest BCUT2D eigenvalue weighted by molar-refractivity contribution is 4.95. The summed E-state index contributed by atoms with van der Waals surface area (Å²) in [4.78, 5) is 0. The highest BCUT2D eigenvalue weighted by Gasteiger charge is 2.42. The van der Waals surface area contributed by atoms with Crippen LogP contribution < -0.4 is 5.32 Å². The first-order valence-electron chi connectivity index (χ1n) is 8.09. The monoisotopic (exact) mass is 293 g/mol. The van der Waals surface area contributed by atoms with Crippen LogP contribution in [0.3, 0.4) is 0 Å². The lowest BCUT2D eigenvalue weighted by Gasteiger charge is -2.40. The molecule has 1 aliphatic carbocycles. The van der Waals surface area contributed by atoms with E-state index in [4.69, 9.17) is 0 Å². The molecule has 1 saturated carbocycles. The summed E-state index contributed by atoms with van der Waals surface area (Å²) in [5.74, 6) is 0.546. The summed E-state index contributed by atoms with van der Waals surface area (Å²) in [5.41, 5.74) is 0.0919. The molecule has 0 spiro atoms. The van der Waals surface area contributed by atoms with Crippen molar-refractivity contribution in [1.82, 2.24) is 5.32 Å². The van der Waals surface area contributed by atoms with E-state index in [9.17, 15) is 13.2 Å². The van der Waals surface area contributed by atoms with Gasteiger partial charge in [-0.05, 0) is 50.0 Å². The van der Waals surface area contributed by atoms with Gasteiger partial charge in [0, 0.05) is 12.5 Å². The van der Waals surface area contributed by atoms with Crippen molar-refractivity contribution >= 4 is 0 Å². The van der Waals surface area contributed by atoms with Crippen molar-refractivity contribution in [3.63, 3.8) is 0 Å². The lowest BCUT2D eigenvalue weighted by molar-refractivity contribution is -0.138. The fraction of sp³-hybridized carbons (Fsp3) is 1.00. The molecule has 0 aromatic rings. The van der Waals surface area contributed by atoms with E-state index in [1.165, 1.54) is 12.8 Å². The molecule has 0 heterocycles. The second-order valence-corrected chi connectivity index (χ2v) is 6.83. The van der Waals surface area contributed by atoms with E-state index in [0.29, 0.717) is 5.92 Å². The van der Waals surface area contributed by atoms with Crippen LogP contribution in [0, 0.1) is 11.3 Å². The maximum Gasteiger partial charge on any atom is 0.389 e. The minimum Gasteiger partial charge on any atom is -0.313 e. The summed E-state index contributed by atoms with van der Waals surface area (Å²) >= 11 is 0. The van der Waals surface area contributed by atoms with E-state index in [-0.39, 0.29) is 17.9 Å². The minimum absolute atomic E-state index is 0.0222. The third-order valence-electron chi connectivity index (χ3n) is 4.51. The standard InChI is InChI=1S/C16H30F3N/c1-4-11-20-14(7-10-16(17,18)19)15(12-13(2)3)8-5-6-9-15/h13-14,20H,4-12H2,1-3H3. The molecule has 0 bridgehead atoms. The Bertz CT molecular complexity index is 267. The second kappa shape index (κ2) is 7.67. The largest absolute Gasteiger partial charge is 0.389 e. The third kappa shape index (κ3) is 5.63. The average molecular weight is 293 g/mol. The highest BCUT2D eigenvalue weighted by atomic mass is 19.4. The van der Waals surface area contributed by atoms with Crippen molar-refractivity contribution in [2.45, 2.75) is 84.4 Å². The van der Waals surface area contributed by atoms with Crippen LogP contribution in [0.1, 0.15) is 72.1 Å². The predicted molar refractivity (Wildman–Crippen MR) is 77.7 cm³/mol. The number of halogens is 3. The van der Waals surface area contributed by atoms with Gasteiger partial charge in [-0.3, -0.25) is 0 Å². The van der Waals surface area contributed by atoms with Crippen LogP contribution in [-0.4, -0.2) is 18.8 Å². The van der Waals surface area contributed by atoms with Crippen LogP contribution in [0.2, 0.25) is 0 Å². The van der Waals surface area contributed by atoms with Gasteiger partial charge in [-0.2, -0.15) is 13.2 Å². The molecule has 1 aliphatic rings. The molecular weight excluding hydrogens is 263 g/mol. The fourth-order valence-corrected chi connectivity index (χ4v) is 3.84. The van der Waals surface area contributed by atoms with Crippen LogP contribution in [0.5, 0.6) is 0 Å². The topological polar surface area (TPSA) is 12.0 Å². The van der Waals surface area contributed by atoms with Gasteiger partial charge < -0.3 is 5.32 Å². The van der Waals surface area contributed by atoms with E-state index in [1.54, 1.807) is 0 Å². The molecule has 1 fully saturated rings. The van der Waals surface area contributed by atoms with Gasteiger partial charge >= 0.3 is 6.18 Å². The van der Waals surface area contributed by atoms with Gasteiger partial charge in [0.25, 0.3) is 0 Å². The molecular formula is C16H30F3N. The number of hydrogen-bond acceptors (Lipinski definition) is 1. The van der Waals surface area contributed by atoms with Crippen LogP contribution in [0.4, 0.5) is 13.2 Å². The van der Waals surface area contributed by atoms with Gasteiger partial charge in [0.15, 0.2) is 0 Å². The zero-order valence-corrected chi connectivity index (χ0v) is 13.2. The van der Waals surface area contributed by atoms with Crippen LogP contribution in [0.15, 0.2) is 0 Å². The average Bonchev–Trinajstić information content (AvgIpc) is 2.76. The molecule has 0 aromatic carbocycles. The molecule has 0 saturated heterocycles. The van der Waals surface area contributed by atoms with Gasteiger partial charge in [0.1, 0.15) is 0 Å². The van der Waals surface area contributed by atoms with E-state index < -0.39 is 12.6 Å². The minimum atomic E-state index is -4.04. The first kappa shape index (κ1) is 17.8. The van der Waals surface area contributed by atoms with Gasteiger partial charge in [-0.25, -0.2) is 0 Å². The zero-order chi connectivity index (χ0) is 15.2. The zero-order valence-electron chi connectivity index (χ0n) is 13.2. The Balaban J connectivity index is 2.75. The molecule has 4 heteroatoms. The smallest absolute Gasteiger partial charge is 0.313 e. The molecule has 120 valence electrons. The van der Waals surface area contributed by atoms with Gasteiger partial charge in [-0.15, -0.1) is 0 Å². The molecule has 0 amide bonds. The first-order valence-corrected chi connectivity index (χ1v) is 8.09. The van der Waals surface area contributed by atoms with E-state index in [0.717, 1.165) is 32.2 Å². The second-order valence-electron chi connectivity index (χ2n) is 6.83. The van der Waals surface area contributed by atoms with Gasteiger partial charge in [-0.1, -0.05) is 33.6 Å². The Morgan fingerprint density at radius 1 is 1.15 bits per heavy atom. The molecule has 1 atom stereocenters. The molecule has 0 aromatic heterocycles. The normalized spacial score (nSPS) is 20.6.